The molecule has 26 heteroatoms. The van der Waals surface area contributed by atoms with E-state index in [9.17, 15) is 44.0 Å². The Morgan fingerprint density at radius 3 is 1.30 bits per heavy atom. The van der Waals surface area contributed by atoms with E-state index in [-0.39, 0.29) is 39.9 Å². The number of carbonyl (C=O) groups excluding carboxylic acids is 2. The molecule has 0 spiro atoms. The highest BCUT2D eigenvalue weighted by molar-refractivity contribution is 9.10. The van der Waals surface area contributed by atoms with Crippen LogP contribution in [0.3, 0.4) is 0 Å². The lowest BCUT2D eigenvalue weighted by molar-refractivity contribution is 0.0956. The molecule has 0 aliphatic carbocycles. The maximum Gasteiger partial charge on any atom is 0.488 e. The zero-order chi connectivity index (χ0) is 63.1. The SMILES string of the molecule is CNC(=O)c1c(-c2ccc(F)cc2)oc2cc(N(C)S(C)(=O)=O)c(-c3ccc4ncc(-c5ccc(F)cc5)n4c3)cc12.CNC(=O)c1c(-c2ccc(F)cc2)oc2cc(N(C)S(C)(=O)=O)c(-c3ccc4ncc(Br)n4c3)cc12.OB(O)c1ccc(F)cc1. The molecule has 18 nitrogen and oxygen atoms in total. The van der Waals surface area contributed by atoms with Crippen molar-refractivity contribution in [2.45, 2.75) is 0 Å². The van der Waals surface area contributed by atoms with Crippen molar-refractivity contribution in [3.05, 3.63) is 209 Å². The topological polar surface area (TPSA) is 234 Å². The fourth-order valence-corrected chi connectivity index (χ4v) is 11.0. The molecule has 0 fully saturated rings. The van der Waals surface area contributed by atoms with Gasteiger partial charge in [0, 0.05) is 102 Å². The van der Waals surface area contributed by atoms with Gasteiger partial charge in [-0.1, -0.05) is 12.1 Å². The van der Waals surface area contributed by atoms with E-state index in [0.717, 1.165) is 31.3 Å². The predicted molar refractivity (Wildman–Crippen MR) is 334 cm³/mol. The summed E-state index contributed by atoms with van der Waals surface area (Å²) < 4.78 is 122. The first kappa shape index (κ1) is 61.5. The number of nitrogens with one attached hydrogen (secondary N) is 2. The van der Waals surface area contributed by atoms with E-state index >= 15 is 0 Å². The number of amides is 2. The summed E-state index contributed by atoms with van der Waals surface area (Å²) in [5, 5.41) is 23.3. The number of anilines is 2. The maximum absolute atomic E-state index is 13.7. The van der Waals surface area contributed by atoms with Gasteiger partial charge in [-0.2, -0.15) is 0 Å². The van der Waals surface area contributed by atoms with Gasteiger partial charge < -0.3 is 29.5 Å². The lowest BCUT2D eigenvalue weighted by atomic mass is 9.80. The number of fused-ring (bicyclic) bond motifs is 4. The average molecular weight is 1300 g/mol. The third-order valence-corrected chi connectivity index (χ3v) is 17.3. The van der Waals surface area contributed by atoms with Crippen LogP contribution in [-0.2, 0) is 20.0 Å². The molecule has 0 radical (unpaired) electrons. The molecule has 448 valence electrons. The van der Waals surface area contributed by atoms with Crippen molar-refractivity contribution in [3.63, 3.8) is 0 Å². The highest BCUT2D eigenvalue weighted by Crippen LogP contribution is 2.44. The number of rotatable bonds is 12. The minimum atomic E-state index is -3.71. The van der Waals surface area contributed by atoms with Crippen LogP contribution in [0.25, 0.3) is 89.4 Å². The van der Waals surface area contributed by atoms with Crippen molar-refractivity contribution in [1.29, 1.82) is 0 Å². The molecule has 6 heterocycles. The summed E-state index contributed by atoms with van der Waals surface area (Å²) in [6.45, 7) is 0. The zero-order valence-electron chi connectivity index (χ0n) is 47.3. The second-order valence-electron chi connectivity index (χ2n) is 19.9. The fraction of sp³-hybridized carbons (Fsp3) is 0.0968. The van der Waals surface area contributed by atoms with Gasteiger partial charge >= 0.3 is 7.12 Å². The number of halogens is 5. The predicted octanol–water partition coefficient (Wildman–Crippen LogP) is 10.7. The number of imidazole rings is 2. The molecule has 0 aliphatic rings. The Morgan fingerprint density at radius 1 is 0.534 bits per heavy atom. The quantitative estimate of drug-likeness (QED) is 0.0661. The molecule has 4 N–H and O–H groups in total. The summed E-state index contributed by atoms with van der Waals surface area (Å²) in [7, 11) is -2.97. The Hall–Kier alpha value is -9.60. The Balaban J connectivity index is 0.000000169. The van der Waals surface area contributed by atoms with Gasteiger partial charge in [-0.15, -0.1) is 0 Å². The summed E-state index contributed by atoms with van der Waals surface area (Å²) in [6.07, 6.45) is 9.18. The minimum absolute atomic E-state index is 0.220. The molecule has 12 rings (SSSR count). The molecule has 0 aliphatic heterocycles. The van der Waals surface area contributed by atoms with Gasteiger partial charge in [-0.05, 0) is 143 Å². The van der Waals surface area contributed by atoms with Crippen LogP contribution in [0.4, 0.5) is 28.9 Å². The lowest BCUT2D eigenvalue weighted by Crippen LogP contribution is -2.29. The second-order valence-corrected chi connectivity index (χ2v) is 24.8. The number of sulfonamides is 2. The van der Waals surface area contributed by atoms with Gasteiger partial charge in [0.15, 0.2) is 0 Å². The Labute approximate surface area is 509 Å². The van der Waals surface area contributed by atoms with Crippen molar-refractivity contribution in [1.82, 2.24) is 29.4 Å². The van der Waals surface area contributed by atoms with Crippen LogP contribution in [0.2, 0.25) is 0 Å². The molecule has 88 heavy (non-hydrogen) atoms. The van der Waals surface area contributed by atoms with Gasteiger partial charge in [0.2, 0.25) is 20.0 Å². The number of aromatic nitrogens is 4. The Morgan fingerprint density at radius 2 is 0.898 bits per heavy atom. The van der Waals surface area contributed by atoms with E-state index in [1.807, 2.05) is 33.3 Å². The van der Waals surface area contributed by atoms with Crippen LogP contribution in [0.1, 0.15) is 20.7 Å². The summed E-state index contributed by atoms with van der Waals surface area (Å²) in [4.78, 5) is 34.9. The zero-order valence-corrected chi connectivity index (χ0v) is 50.5. The minimum Gasteiger partial charge on any atom is -0.455 e. The van der Waals surface area contributed by atoms with Gasteiger partial charge in [0.25, 0.3) is 11.8 Å². The third-order valence-electron chi connectivity index (χ3n) is 14.3. The summed E-state index contributed by atoms with van der Waals surface area (Å²) >= 11 is 3.47. The maximum atomic E-state index is 13.7. The molecule has 6 aromatic carbocycles. The number of pyridine rings is 2. The molecule has 0 saturated heterocycles. The fourth-order valence-electron chi connectivity index (χ4n) is 9.63. The Bertz CT molecular complexity index is 4890. The molecule has 0 bridgehead atoms. The van der Waals surface area contributed by atoms with Crippen LogP contribution in [0.5, 0.6) is 0 Å². The lowest BCUT2D eigenvalue weighted by Gasteiger charge is -2.21. The number of furan rings is 2. The monoisotopic (exact) mass is 1300 g/mol. The molecular formula is C62H50BBrF4N8O10S2. The van der Waals surface area contributed by atoms with Crippen molar-refractivity contribution in [2.24, 2.45) is 0 Å². The first-order valence-electron chi connectivity index (χ1n) is 26.4. The molecule has 0 atom stereocenters. The standard InChI is InChI=1S/C31H24F2N4O4S.C25H20BrFN4O4S.C6H6BFO2/c1-34-31(38)29-24-14-23(20-8-13-28-35-16-26(37(28)17-20)18-4-9-21(32)10-5-18)25(36(2)42(3,39)40)15-27(24)41-30(29)19-6-11-22(33)12-7-19;1-28-25(32)23-18-10-17(15-6-9-22-29-12-21(26)31(22)13-15)19(30(2)36(3,33)34)11-20(18)35-24(23)14-4-7-16(27)8-5-14;8-6-3-1-5(2-4-6)7(9)10/h4-17H,1-3H3,(H,34,38);4-13H,1-3H3,(H,28,32);1-4,9-10H. The normalized spacial score (nSPS) is 11.5. The van der Waals surface area contributed by atoms with E-state index in [1.165, 1.54) is 113 Å². The summed E-state index contributed by atoms with van der Waals surface area (Å²) in [6, 6.07) is 36.0. The number of hydrogen-bond donors (Lipinski definition) is 4. The van der Waals surface area contributed by atoms with Crippen molar-refractivity contribution in [2.75, 3.05) is 49.3 Å². The first-order valence-corrected chi connectivity index (χ1v) is 30.8. The molecule has 12 aromatic rings. The van der Waals surface area contributed by atoms with E-state index < -0.39 is 50.6 Å². The Kier molecular flexibility index (Phi) is 17.2. The van der Waals surface area contributed by atoms with E-state index in [0.29, 0.717) is 83.6 Å². The van der Waals surface area contributed by atoms with Crippen LogP contribution in [0.15, 0.2) is 184 Å². The molecular weight excluding hydrogens is 1250 g/mol. The average Bonchev–Trinajstić information content (AvgIpc) is 1.73. The highest BCUT2D eigenvalue weighted by atomic mass is 79.9. The van der Waals surface area contributed by atoms with Gasteiger partial charge in [-0.3, -0.25) is 27.0 Å². The van der Waals surface area contributed by atoms with Crippen LogP contribution in [0, 0.1) is 23.3 Å². The van der Waals surface area contributed by atoms with Gasteiger partial charge in [0.05, 0.1) is 53.1 Å². The van der Waals surface area contributed by atoms with Crippen LogP contribution >= 0.6 is 15.9 Å². The van der Waals surface area contributed by atoms with Crippen molar-refractivity contribution >= 4 is 105 Å². The summed E-state index contributed by atoms with van der Waals surface area (Å²) in [5.41, 5.74) is 8.22. The van der Waals surface area contributed by atoms with E-state index in [2.05, 4.69) is 36.5 Å². The second kappa shape index (κ2) is 24.6. The van der Waals surface area contributed by atoms with Crippen molar-refractivity contribution < 1.29 is 62.9 Å². The molecule has 0 saturated carbocycles. The molecule has 2 amide bonds. The van der Waals surface area contributed by atoms with E-state index in [4.69, 9.17) is 18.9 Å². The van der Waals surface area contributed by atoms with Crippen LogP contribution in [-0.4, -0.2) is 105 Å². The molecule has 6 aromatic heterocycles. The molecule has 0 unspecified atom stereocenters. The third kappa shape index (κ3) is 12.5. The highest BCUT2D eigenvalue weighted by Gasteiger charge is 2.29. The number of benzene rings is 6. The number of hydrogen-bond acceptors (Lipinski definition) is 12. The number of carbonyl (C=O) groups is 2. The number of nitrogens with zero attached hydrogens (tertiary/aromatic N) is 6. The first-order chi connectivity index (χ1) is 41.8. The largest absolute Gasteiger partial charge is 0.488 e. The van der Waals surface area contributed by atoms with E-state index in [1.54, 1.807) is 60.9 Å². The van der Waals surface area contributed by atoms with Crippen LogP contribution < -0.4 is 24.7 Å². The summed E-state index contributed by atoms with van der Waals surface area (Å²) in [5.74, 6) is -1.95. The van der Waals surface area contributed by atoms with Gasteiger partial charge in [-0.25, -0.2) is 44.4 Å². The van der Waals surface area contributed by atoms with Gasteiger partial charge in [0.1, 0.15) is 61.9 Å². The smallest absolute Gasteiger partial charge is 0.455 e. The van der Waals surface area contributed by atoms with Crippen molar-refractivity contribution in [3.8, 4) is 56.2 Å².